The average molecular weight is 267 g/mol. The first-order valence-corrected chi connectivity index (χ1v) is 7.51. The Labute approximate surface area is 111 Å². The second kappa shape index (κ2) is 4.49. The number of aryl methyl sites for hydroxylation is 1. The van der Waals surface area contributed by atoms with E-state index in [1.807, 2.05) is 18.7 Å². The minimum Gasteiger partial charge on any atom is -0.383 e. The maximum absolute atomic E-state index is 13.1. The van der Waals surface area contributed by atoms with Crippen LogP contribution in [0.5, 0.6) is 0 Å². The molecule has 4 heteroatoms. The number of aliphatic hydroxyl groups is 1. The predicted octanol–water partition coefficient (Wildman–Crippen LogP) is 3.16. The lowest BCUT2D eigenvalue weighted by atomic mass is 9.81. The summed E-state index contributed by atoms with van der Waals surface area (Å²) < 4.78 is 13.1. The highest BCUT2D eigenvalue weighted by atomic mass is 32.2. The molecule has 0 aromatic carbocycles. The molecule has 1 aromatic rings. The van der Waals surface area contributed by atoms with Crippen LogP contribution in [0, 0.1) is 12.7 Å². The second-order valence-electron chi connectivity index (χ2n) is 5.57. The molecule has 18 heavy (non-hydrogen) atoms. The van der Waals surface area contributed by atoms with Crippen LogP contribution >= 0.6 is 11.8 Å². The Hall–Kier alpha value is -0.610. The molecule has 2 unspecified atom stereocenters. The zero-order chi connectivity index (χ0) is 12.8. The monoisotopic (exact) mass is 267 g/mol. The van der Waals surface area contributed by atoms with Gasteiger partial charge in [-0.25, -0.2) is 4.39 Å². The molecular weight excluding hydrogens is 249 g/mol. The van der Waals surface area contributed by atoms with Crippen molar-refractivity contribution in [3.63, 3.8) is 0 Å². The van der Waals surface area contributed by atoms with E-state index < -0.39 is 5.60 Å². The number of thioether (sulfide) groups is 1. The van der Waals surface area contributed by atoms with Crippen LogP contribution in [-0.2, 0) is 5.60 Å². The molecular formula is C14H18FNOS. The van der Waals surface area contributed by atoms with Gasteiger partial charge in [0.05, 0.1) is 11.9 Å². The van der Waals surface area contributed by atoms with Crippen LogP contribution in [0.2, 0.25) is 0 Å². The van der Waals surface area contributed by atoms with Gasteiger partial charge in [-0.15, -0.1) is 0 Å². The van der Waals surface area contributed by atoms with E-state index in [4.69, 9.17) is 0 Å². The molecule has 0 spiro atoms. The highest BCUT2D eigenvalue weighted by Crippen LogP contribution is 2.49. The Bertz CT molecular complexity index is 453. The van der Waals surface area contributed by atoms with Crippen LogP contribution in [0.15, 0.2) is 12.3 Å². The van der Waals surface area contributed by atoms with Gasteiger partial charge in [0.25, 0.3) is 0 Å². The maximum Gasteiger partial charge on any atom is 0.141 e. The molecule has 2 aliphatic heterocycles. The Balaban J connectivity index is 1.94. The molecule has 3 heterocycles. The predicted molar refractivity (Wildman–Crippen MR) is 71.1 cm³/mol. The average Bonchev–Trinajstić information content (AvgIpc) is 2.27. The van der Waals surface area contributed by atoms with Crippen LogP contribution in [0.4, 0.5) is 4.39 Å². The summed E-state index contributed by atoms with van der Waals surface area (Å²) in [5.74, 6) is -0.328. The van der Waals surface area contributed by atoms with Crippen LogP contribution in [-0.4, -0.2) is 20.6 Å². The van der Waals surface area contributed by atoms with E-state index in [1.165, 1.54) is 31.5 Å². The Morgan fingerprint density at radius 1 is 1.39 bits per heavy atom. The van der Waals surface area contributed by atoms with Gasteiger partial charge >= 0.3 is 0 Å². The van der Waals surface area contributed by atoms with Crippen molar-refractivity contribution in [3.05, 3.63) is 29.3 Å². The molecule has 1 aromatic heterocycles. The van der Waals surface area contributed by atoms with Crippen molar-refractivity contribution < 1.29 is 9.50 Å². The number of pyridine rings is 1. The third-order valence-electron chi connectivity index (χ3n) is 4.05. The molecule has 2 fully saturated rings. The lowest BCUT2D eigenvalue weighted by molar-refractivity contribution is 0.00334. The molecule has 3 rings (SSSR count). The molecule has 2 bridgehead atoms. The Morgan fingerprint density at radius 3 is 2.67 bits per heavy atom. The number of nitrogens with zero attached hydrogens (tertiary/aromatic N) is 1. The number of fused-ring (bicyclic) bond motifs is 2. The van der Waals surface area contributed by atoms with Gasteiger partial charge in [0.2, 0.25) is 0 Å². The number of aromatic nitrogens is 1. The highest BCUT2D eigenvalue weighted by molar-refractivity contribution is 8.00. The quantitative estimate of drug-likeness (QED) is 0.848. The van der Waals surface area contributed by atoms with Crippen molar-refractivity contribution in [3.8, 4) is 0 Å². The SMILES string of the molecule is Cc1cc(F)cnc1C1(O)CC2CCCC(C1)S2. The van der Waals surface area contributed by atoms with E-state index in [-0.39, 0.29) is 5.82 Å². The normalized spacial score (nSPS) is 35.5. The van der Waals surface area contributed by atoms with E-state index in [2.05, 4.69) is 4.98 Å². The summed E-state index contributed by atoms with van der Waals surface area (Å²) in [4.78, 5) is 4.17. The lowest BCUT2D eigenvalue weighted by Gasteiger charge is -2.43. The van der Waals surface area contributed by atoms with E-state index in [1.54, 1.807) is 0 Å². The fraction of sp³-hybridized carbons (Fsp3) is 0.643. The fourth-order valence-electron chi connectivity index (χ4n) is 3.34. The van der Waals surface area contributed by atoms with E-state index in [0.717, 1.165) is 18.4 Å². The Kier molecular flexibility index (Phi) is 3.10. The van der Waals surface area contributed by atoms with Crippen molar-refractivity contribution in [1.82, 2.24) is 4.98 Å². The van der Waals surface area contributed by atoms with Gasteiger partial charge in [-0.05, 0) is 44.2 Å². The van der Waals surface area contributed by atoms with Gasteiger partial charge in [-0.1, -0.05) is 6.42 Å². The fourth-order valence-corrected chi connectivity index (χ4v) is 5.23. The molecule has 0 amide bonds. The van der Waals surface area contributed by atoms with Gasteiger partial charge < -0.3 is 5.11 Å². The molecule has 0 radical (unpaired) electrons. The van der Waals surface area contributed by atoms with Crippen LogP contribution in [0.3, 0.4) is 0 Å². The van der Waals surface area contributed by atoms with E-state index in [0.29, 0.717) is 16.2 Å². The van der Waals surface area contributed by atoms with Gasteiger partial charge in [-0.2, -0.15) is 11.8 Å². The lowest BCUT2D eigenvalue weighted by Crippen LogP contribution is -2.41. The minimum absolute atomic E-state index is 0.328. The summed E-state index contributed by atoms with van der Waals surface area (Å²) in [7, 11) is 0. The third kappa shape index (κ3) is 2.16. The van der Waals surface area contributed by atoms with E-state index in [9.17, 15) is 9.50 Å². The molecule has 98 valence electrons. The zero-order valence-electron chi connectivity index (χ0n) is 10.5. The first kappa shape index (κ1) is 12.4. The van der Waals surface area contributed by atoms with Gasteiger partial charge in [0.15, 0.2) is 0 Å². The number of halogens is 1. The molecule has 2 nitrogen and oxygen atoms in total. The molecule has 2 aliphatic rings. The van der Waals surface area contributed by atoms with Crippen molar-refractivity contribution >= 4 is 11.8 Å². The first-order chi connectivity index (χ1) is 8.57. The summed E-state index contributed by atoms with van der Waals surface area (Å²) in [5.41, 5.74) is 0.599. The third-order valence-corrected chi connectivity index (χ3v) is 5.63. The second-order valence-corrected chi connectivity index (χ2v) is 7.18. The molecule has 2 atom stereocenters. The summed E-state index contributed by atoms with van der Waals surface area (Å²) in [6, 6.07) is 1.47. The topological polar surface area (TPSA) is 33.1 Å². The number of hydrogen-bond acceptors (Lipinski definition) is 3. The summed E-state index contributed by atoms with van der Waals surface area (Å²) in [5, 5.41) is 12.0. The van der Waals surface area contributed by atoms with Crippen LogP contribution in [0.25, 0.3) is 0 Å². The van der Waals surface area contributed by atoms with Crippen molar-refractivity contribution in [2.45, 2.75) is 55.1 Å². The van der Waals surface area contributed by atoms with Crippen molar-refractivity contribution in [2.75, 3.05) is 0 Å². The smallest absolute Gasteiger partial charge is 0.141 e. The molecule has 0 aliphatic carbocycles. The number of hydrogen-bond donors (Lipinski definition) is 1. The number of rotatable bonds is 1. The van der Waals surface area contributed by atoms with Gasteiger partial charge in [-0.3, -0.25) is 4.98 Å². The minimum atomic E-state index is -0.848. The molecule has 2 saturated heterocycles. The van der Waals surface area contributed by atoms with Gasteiger partial charge in [0, 0.05) is 10.5 Å². The first-order valence-electron chi connectivity index (χ1n) is 6.57. The summed E-state index contributed by atoms with van der Waals surface area (Å²) in [6.07, 6.45) is 6.38. The summed E-state index contributed by atoms with van der Waals surface area (Å²) in [6.45, 7) is 1.83. The Morgan fingerprint density at radius 2 is 2.06 bits per heavy atom. The maximum atomic E-state index is 13.1. The van der Waals surface area contributed by atoms with Crippen LogP contribution < -0.4 is 0 Å². The summed E-state index contributed by atoms with van der Waals surface area (Å²) >= 11 is 2.02. The van der Waals surface area contributed by atoms with E-state index >= 15 is 0 Å². The standard InChI is InChI=1S/C14H18FNOS/c1-9-5-10(15)8-16-13(9)14(17)6-11-3-2-4-12(7-14)18-11/h5,8,11-12,17H,2-4,6-7H2,1H3. The highest BCUT2D eigenvalue weighted by Gasteiger charge is 2.44. The van der Waals surface area contributed by atoms with Crippen LogP contribution in [0.1, 0.15) is 43.4 Å². The molecule has 0 saturated carbocycles. The van der Waals surface area contributed by atoms with Crippen molar-refractivity contribution in [1.29, 1.82) is 0 Å². The molecule has 1 N–H and O–H groups in total. The largest absolute Gasteiger partial charge is 0.383 e. The zero-order valence-corrected chi connectivity index (χ0v) is 11.3. The van der Waals surface area contributed by atoms with Gasteiger partial charge in [0.1, 0.15) is 11.4 Å². The van der Waals surface area contributed by atoms with Crippen molar-refractivity contribution in [2.24, 2.45) is 0 Å².